The minimum atomic E-state index is -0.918. The molecule has 0 N–H and O–H groups in total. The van der Waals surface area contributed by atoms with E-state index < -0.39 is 7.26 Å². The Bertz CT molecular complexity index is 550. The molecule has 3 heteroatoms. The average molecular weight is 555 g/mol. The molecule has 0 spiro atoms. The van der Waals surface area contributed by atoms with Gasteiger partial charge in [-0.2, -0.15) is 6.42 Å². The maximum Gasteiger partial charge on any atom is 2.00 e. The number of allylic oxidation sites excluding steroid dienone is 8. The Balaban J connectivity index is -0.000000500. The van der Waals surface area contributed by atoms with Crippen molar-refractivity contribution in [2.45, 2.75) is 83.7 Å². The van der Waals surface area contributed by atoms with E-state index in [1.807, 2.05) is 6.08 Å². The molecule has 0 saturated heterocycles. The van der Waals surface area contributed by atoms with E-state index >= 15 is 0 Å². The van der Waals surface area contributed by atoms with Crippen LogP contribution in [0.3, 0.4) is 0 Å². The Morgan fingerprint density at radius 3 is 1.70 bits per heavy atom. The summed E-state index contributed by atoms with van der Waals surface area (Å²) in [4.78, 5) is 0. The van der Waals surface area contributed by atoms with Crippen LogP contribution in [0.4, 0.5) is 0 Å². The van der Waals surface area contributed by atoms with E-state index in [4.69, 9.17) is 0 Å². The van der Waals surface area contributed by atoms with Crippen molar-refractivity contribution in [2.24, 2.45) is 11.8 Å². The molecule has 0 aliphatic heterocycles. The van der Waals surface area contributed by atoms with Crippen molar-refractivity contribution in [3.63, 3.8) is 0 Å². The molecule has 0 aromatic carbocycles. The summed E-state index contributed by atoms with van der Waals surface area (Å²) in [6.45, 7) is 9.92. The van der Waals surface area contributed by atoms with Crippen LogP contribution < -0.4 is 0 Å². The van der Waals surface area contributed by atoms with Crippen LogP contribution >= 0.6 is 7.26 Å². The van der Waals surface area contributed by atoms with Crippen molar-refractivity contribution in [1.29, 1.82) is 0 Å². The molecule has 0 amide bonds. The Labute approximate surface area is 231 Å². The topological polar surface area (TPSA) is 0 Å². The van der Waals surface area contributed by atoms with Gasteiger partial charge in [0, 0.05) is 13.9 Å². The number of hydrogen-bond acceptors (Lipinski definition) is 0. The van der Waals surface area contributed by atoms with E-state index in [1.54, 1.807) is 0 Å². The van der Waals surface area contributed by atoms with Gasteiger partial charge in [-0.05, 0) is 32.1 Å². The summed E-state index contributed by atoms with van der Waals surface area (Å²) in [5.74, 6) is 1.78. The minimum Gasteiger partial charge on any atom is -0.358 e. The molecule has 0 radical (unpaired) electrons. The zero-order valence-corrected chi connectivity index (χ0v) is 25.5. The smallest absolute Gasteiger partial charge is 0.358 e. The molecule has 4 aliphatic carbocycles. The summed E-state index contributed by atoms with van der Waals surface area (Å²) >= 11 is 0. The molecule has 3 unspecified atom stereocenters. The Morgan fingerprint density at radius 1 is 0.818 bits per heavy atom. The van der Waals surface area contributed by atoms with Crippen molar-refractivity contribution < 1.29 is 34.1 Å². The summed E-state index contributed by atoms with van der Waals surface area (Å²) in [5, 5.41) is 0.404. The molecule has 0 heterocycles. The molecule has 0 aromatic heterocycles. The van der Waals surface area contributed by atoms with E-state index in [0.717, 1.165) is 18.3 Å². The van der Waals surface area contributed by atoms with Gasteiger partial charge >= 0.3 is 34.1 Å². The largest absolute Gasteiger partial charge is 2.00 e. The zero-order chi connectivity index (χ0) is 21.0. The molecule has 0 aromatic rings. The minimum absolute atomic E-state index is 0. The van der Waals surface area contributed by atoms with E-state index in [1.165, 1.54) is 63.7 Å². The Kier molecular flexibility index (Phi) is 23.3. The van der Waals surface area contributed by atoms with Gasteiger partial charge in [0.05, 0.1) is 17.5 Å². The normalized spacial score (nSPS) is 26.3. The van der Waals surface area contributed by atoms with Gasteiger partial charge in [0.25, 0.3) is 0 Å². The monoisotopic (exact) mass is 555 g/mol. The van der Waals surface area contributed by atoms with Gasteiger partial charge in [0.1, 0.15) is 0 Å². The second kappa shape index (κ2) is 20.4. The summed E-state index contributed by atoms with van der Waals surface area (Å²) in [6, 6.07) is 0. The Morgan fingerprint density at radius 2 is 1.39 bits per heavy atom. The molecule has 2 saturated carbocycles. The molecule has 33 heavy (non-hydrogen) atoms. The molecule has 4 rings (SSSR count). The molecular formula is C30H52Fe2P+. The van der Waals surface area contributed by atoms with Crippen molar-refractivity contribution >= 4 is 7.26 Å². The van der Waals surface area contributed by atoms with Crippen LogP contribution in [0.1, 0.15) is 78.6 Å². The van der Waals surface area contributed by atoms with Crippen LogP contribution in [0, 0.1) is 39.5 Å². The first-order valence-corrected chi connectivity index (χ1v) is 14.9. The van der Waals surface area contributed by atoms with Crippen LogP contribution in [0.5, 0.6) is 0 Å². The third-order valence-electron chi connectivity index (χ3n) is 7.75. The standard InChI is InChI=1S/C17H29P.C6H7.C5H10.2CH3.2Fe/c1-5-18(4,6-2)17(13-8-7-9-14-17)16-12-10-11-15(16)3;1-2-4-6-5-3-1;1-2-4-5-3-1;;;;/h7-9,13-16H,5-6,10-12H2,1-4H3;1-5H,6H2;1-5H2;2*1H3;;/q;-1;;2*-1;2*+2. The van der Waals surface area contributed by atoms with E-state index in [9.17, 15) is 0 Å². The molecule has 3 atom stereocenters. The van der Waals surface area contributed by atoms with Gasteiger partial charge in [0.15, 0.2) is 0 Å². The van der Waals surface area contributed by atoms with Gasteiger partial charge in [0.2, 0.25) is 0 Å². The van der Waals surface area contributed by atoms with Gasteiger partial charge in [-0.3, -0.25) is 0 Å². The van der Waals surface area contributed by atoms with Crippen molar-refractivity contribution in [2.75, 3.05) is 19.0 Å². The molecule has 0 nitrogen and oxygen atoms in total. The molecule has 0 bridgehead atoms. The fourth-order valence-corrected chi connectivity index (χ4v) is 9.11. The first-order chi connectivity index (χ1) is 14.1. The summed E-state index contributed by atoms with van der Waals surface area (Å²) < 4.78 is 0. The second-order valence-electron chi connectivity index (χ2n) is 9.39. The zero-order valence-electron chi connectivity index (χ0n) is 22.4. The predicted octanol–water partition coefficient (Wildman–Crippen LogP) is 9.73. The van der Waals surface area contributed by atoms with Gasteiger partial charge < -0.3 is 14.9 Å². The quantitative estimate of drug-likeness (QED) is 0.184. The summed E-state index contributed by atoms with van der Waals surface area (Å²) in [6.07, 6.45) is 38.0. The van der Waals surface area contributed by atoms with E-state index in [2.05, 4.69) is 82.8 Å². The van der Waals surface area contributed by atoms with E-state index in [0.29, 0.717) is 5.16 Å². The fourth-order valence-electron chi connectivity index (χ4n) is 5.49. The van der Waals surface area contributed by atoms with Crippen LogP contribution in [0.15, 0.2) is 48.6 Å². The molecule has 192 valence electrons. The fraction of sp³-hybridized carbons (Fsp3) is 0.600. The average Bonchev–Trinajstić information content (AvgIpc) is 3.50. The van der Waals surface area contributed by atoms with Crippen LogP contribution in [-0.4, -0.2) is 24.1 Å². The van der Waals surface area contributed by atoms with Crippen molar-refractivity contribution in [3.8, 4) is 0 Å². The van der Waals surface area contributed by atoms with Gasteiger partial charge in [-0.1, -0.05) is 64.4 Å². The Hall–Kier alpha value is 0.169. The summed E-state index contributed by atoms with van der Waals surface area (Å²) in [7, 11) is -0.918. The molecular weight excluding hydrogens is 503 g/mol. The first-order valence-electron chi connectivity index (χ1n) is 12.3. The van der Waals surface area contributed by atoms with Gasteiger partial charge in [-0.25, -0.2) is 30.7 Å². The van der Waals surface area contributed by atoms with Crippen LogP contribution in [0.25, 0.3) is 0 Å². The number of rotatable bonds is 4. The molecule has 2 fully saturated rings. The first kappa shape index (κ1) is 37.7. The van der Waals surface area contributed by atoms with Crippen molar-refractivity contribution in [1.82, 2.24) is 0 Å². The van der Waals surface area contributed by atoms with Crippen LogP contribution in [0.2, 0.25) is 0 Å². The maximum absolute atomic E-state index is 2.61. The second-order valence-corrected chi connectivity index (χ2v) is 14.2. The number of hydrogen-bond donors (Lipinski definition) is 0. The predicted molar refractivity (Wildman–Crippen MR) is 149 cm³/mol. The maximum atomic E-state index is 2.61. The van der Waals surface area contributed by atoms with Gasteiger partial charge in [-0.15, -0.1) is 18.2 Å². The SMILES string of the molecule is C1=C[CH-]CC=C1.C1CCCC1.CC[P+](C)(CC)C1(C2CCCC2C)C=CC=C[CH-]1.[CH3-].[CH3-].[Fe+2].[Fe+2]. The van der Waals surface area contributed by atoms with Crippen LogP contribution in [-0.2, 0) is 34.1 Å². The molecule has 4 aliphatic rings. The van der Waals surface area contributed by atoms with E-state index in [-0.39, 0.29) is 49.0 Å². The summed E-state index contributed by atoms with van der Waals surface area (Å²) in [5.41, 5.74) is 0. The van der Waals surface area contributed by atoms with Crippen molar-refractivity contribution in [3.05, 3.63) is 76.3 Å². The third-order valence-corrected chi connectivity index (χ3v) is 13.0. The third kappa shape index (κ3) is 10.8.